The Labute approximate surface area is 181 Å². The normalized spacial score (nSPS) is 14.5. The van der Waals surface area contributed by atoms with Gasteiger partial charge < -0.3 is 14.5 Å². The number of nitrogens with zero attached hydrogens (tertiary/aromatic N) is 3. The van der Waals surface area contributed by atoms with E-state index in [2.05, 4.69) is 10.2 Å². The molecule has 0 unspecified atom stereocenters. The molecule has 4 rings (SSSR count). The van der Waals surface area contributed by atoms with Gasteiger partial charge in [-0.3, -0.25) is 14.7 Å². The summed E-state index contributed by atoms with van der Waals surface area (Å²) in [6.07, 6.45) is 3.95. The quantitative estimate of drug-likeness (QED) is 0.667. The average molecular weight is 418 g/mol. The number of aromatic nitrogens is 2. The molecule has 7 nitrogen and oxygen atoms in total. The number of nitrogens with one attached hydrogen (secondary N) is 1. The maximum absolute atomic E-state index is 12.8. The first-order valence-electron chi connectivity index (χ1n) is 10.5. The van der Waals surface area contributed by atoms with Gasteiger partial charge in [-0.1, -0.05) is 36.4 Å². The highest BCUT2D eigenvalue weighted by Crippen LogP contribution is 2.18. The number of carbonyl (C=O) groups excluding carboxylic acids is 2. The molecule has 0 saturated carbocycles. The van der Waals surface area contributed by atoms with E-state index in [-0.39, 0.29) is 18.4 Å². The van der Waals surface area contributed by atoms with Crippen molar-refractivity contribution in [2.75, 3.05) is 39.4 Å². The molecule has 1 N–H and O–H groups in total. The van der Waals surface area contributed by atoms with Gasteiger partial charge in [0.2, 0.25) is 5.91 Å². The van der Waals surface area contributed by atoms with Gasteiger partial charge in [-0.2, -0.15) is 5.10 Å². The summed E-state index contributed by atoms with van der Waals surface area (Å²) in [4.78, 5) is 28.4. The van der Waals surface area contributed by atoms with Crippen LogP contribution >= 0.6 is 0 Å². The van der Waals surface area contributed by atoms with Crippen LogP contribution < -0.4 is 0 Å². The van der Waals surface area contributed by atoms with E-state index in [4.69, 9.17) is 4.74 Å². The van der Waals surface area contributed by atoms with Crippen molar-refractivity contribution in [2.45, 2.75) is 6.92 Å². The minimum Gasteiger partial charge on any atom is -0.372 e. The Kier molecular flexibility index (Phi) is 6.43. The van der Waals surface area contributed by atoms with Crippen LogP contribution in [0.4, 0.5) is 0 Å². The number of fused-ring (bicyclic) bond motifs is 1. The van der Waals surface area contributed by atoms with Crippen LogP contribution in [-0.4, -0.2) is 71.2 Å². The van der Waals surface area contributed by atoms with Gasteiger partial charge in [-0.05, 0) is 36.8 Å². The summed E-state index contributed by atoms with van der Waals surface area (Å²) in [5.41, 5.74) is 3.53. The molecule has 0 atom stereocenters. The SMILES string of the molecule is CCOCC(=O)N1CCN(C(=O)c2ccc(C=Cc3n[nH]c4ccccc34)cc2)CC1. The molecule has 1 aliphatic heterocycles. The van der Waals surface area contributed by atoms with E-state index < -0.39 is 0 Å². The van der Waals surface area contributed by atoms with Gasteiger partial charge in [-0.25, -0.2) is 0 Å². The zero-order valence-corrected chi connectivity index (χ0v) is 17.6. The predicted octanol–water partition coefficient (Wildman–Crippen LogP) is 3.05. The van der Waals surface area contributed by atoms with Crippen molar-refractivity contribution in [3.05, 3.63) is 65.4 Å². The third-order valence-corrected chi connectivity index (χ3v) is 5.44. The van der Waals surface area contributed by atoms with Crippen molar-refractivity contribution in [1.29, 1.82) is 0 Å². The standard InChI is InChI=1S/C24H26N4O3/c1-2-31-17-23(29)27-13-15-28(16-14-27)24(30)19-10-7-18(8-11-19)9-12-22-20-5-3-4-6-21(20)25-26-22/h3-12H,2,13-17H2,1H3,(H,25,26). The molecule has 160 valence electrons. The number of hydrogen-bond donors (Lipinski definition) is 1. The predicted molar refractivity (Wildman–Crippen MR) is 120 cm³/mol. The van der Waals surface area contributed by atoms with Gasteiger partial charge >= 0.3 is 0 Å². The van der Waals surface area contributed by atoms with Crippen molar-refractivity contribution in [2.24, 2.45) is 0 Å². The lowest BCUT2D eigenvalue weighted by Crippen LogP contribution is -2.51. The lowest BCUT2D eigenvalue weighted by Gasteiger charge is -2.34. The molecular formula is C24H26N4O3. The first-order chi connectivity index (χ1) is 15.2. The van der Waals surface area contributed by atoms with Crippen LogP contribution in [0, 0.1) is 0 Å². The monoisotopic (exact) mass is 418 g/mol. The zero-order chi connectivity index (χ0) is 21.6. The number of benzene rings is 2. The van der Waals surface area contributed by atoms with Crippen LogP contribution in [0.25, 0.3) is 23.1 Å². The topological polar surface area (TPSA) is 78.5 Å². The third kappa shape index (κ3) is 4.83. The van der Waals surface area contributed by atoms with Gasteiger partial charge in [0.05, 0.1) is 11.2 Å². The van der Waals surface area contributed by atoms with Crippen LogP contribution in [0.2, 0.25) is 0 Å². The van der Waals surface area contributed by atoms with Crippen molar-refractivity contribution in [3.63, 3.8) is 0 Å². The van der Waals surface area contributed by atoms with Crippen molar-refractivity contribution >= 4 is 34.9 Å². The molecule has 0 spiro atoms. The highest BCUT2D eigenvalue weighted by atomic mass is 16.5. The molecule has 2 amide bonds. The van der Waals surface area contributed by atoms with Crippen molar-refractivity contribution in [1.82, 2.24) is 20.0 Å². The second kappa shape index (κ2) is 9.57. The van der Waals surface area contributed by atoms with Gasteiger partial charge in [0.25, 0.3) is 5.91 Å². The minimum absolute atomic E-state index is 0.00858. The van der Waals surface area contributed by atoms with E-state index in [0.717, 1.165) is 22.2 Å². The lowest BCUT2D eigenvalue weighted by atomic mass is 10.1. The number of amides is 2. The molecule has 1 saturated heterocycles. The summed E-state index contributed by atoms with van der Waals surface area (Å²) in [5, 5.41) is 8.44. The largest absolute Gasteiger partial charge is 0.372 e. The number of piperazine rings is 1. The number of hydrogen-bond acceptors (Lipinski definition) is 4. The lowest BCUT2D eigenvalue weighted by molar-refractivity contribution is -0.137. The Morgan fingerprint density at radius 1 is 1.00 bits per heavy atom. The molecule has 2 heterocycles. The van der Waals surface area contributed by atoms with Crippen molar-refractivity contribution in [3.8, 4) is 0 Å². The fourth-order valence-electron chi connectivity index (χ4n) is 3.65. The molecule has 1 aliphatic rings. The molecule has 0 bridgehead atoms. The van der Waals surface area contributed by atoms with Gasteiger partial charge in [0, 0.05) is 43.7 Å². The van der Waals surface area contributed by atoms with E-state index in [1.165, 1.54) is 0 Å². The molecule has 0 radical (unpaired) electrons. The van der Waals surface area contributed by atoms with E-state index >= 15 is 0 Å². The average Bonchev–Trinajstić information content (AvgIpc) is 3.24. The van der Waals surface area contributed by atoms with Crippen LogP contribution in [0.15, 0.2) is 48.5 Å². The number of H-pyrrole nitrogens is 1. The molecule has 31 heavy (non-hydrogen) atoms. The molecule has 1 aromatic heterocycles. The van der Waals surface area contributed by atoms with Crippen molar-refractivity contribution < 1.29 is 14.3 Å². The number of carbonyl (C=O) groups is 2. The molecule has 7 heteroatoms. The summed E-state index contributed by atoms with van der Waals surface area (Å²) >= 11 is 0. The number of para-hydroxylation sites is 1. The second-order valence-corrected chi connectivity index (χ2v) is 7.42. The highest BCUT2D eigenvalue weighted by Gasteiger charge is 2.24. The summed E-state index contributed by atoms with van der Waals surface area (Å²) in [6, 6.07) is 15.5. The van der Waals surface area contributed by atoms with E-state index in [9.17, 15) is 9.59 Å². The number of ether oxygens (including phenoxy) is 1. The van der Waals surface area contributed by atoms with Gasteiger partial charge in [0.15, 0.2) is 0 Å². The highest BCUT2D eigenvalue weighted by molar-refractivity contribution is 5.95. The van der Waals surface area contributed by atoms with Crippen LogP contribution in [0.3, 0.4) is 0 Å². The van der Waals surface area contributed by atoms with Crippen LogP contribution in [0.1, 0.15) is 28.5 Å². The maximum Gasteiger partial charge on any atom is 0.253 e. The first-order valence-corrected chi connectivity index (χ1v) is 10.5. The fraction of sp³-hybridized carbons (Fsp3) is 0.292. The molecule has 1 fully saturated rings. The fourth-order valence-corrected chi connectivity index (χ4v) is 3.65. The van der Waals surface area contributed by atoms with E-state index in [1.807, 2.05) is 67.6 Å². The summed E-state index contributed by atoms with van der Waals surface area (Å²) < 4.78 is 5.18. The smallest absolute Gasteiger partial charge is 0.253 e. The number of aromatic amines is 1. The number of rotatable bonds is 6. The summed E-state index contributed by atoms with van der Waals surface area (Å²) in [6.45, 7) is 4.63. The summed E-state index contributed by atoms with van der Waals surface area (Å²) in [5.74, 6) is -0.0273. The second-order valence-electron chi connectivity index (χ2n) is 7.42. The Morgan fingerprint density at radius 3 is 2.45 bits per heavy atom. The molecule has 2 aromatic carbocycles. The van der Waals surface area contributed by atoms with Gasteiger partial charge in [-0.15, -0.1) is 0 Å². The zero-order valence-electron chi connectivity index (χ0n) is 17.6. The Hall–Kier alpha value is -3.45. The van der Waals surface area contributed by atoms with Crippen LogP contribution in [0.5, 0.6) is 0 Å². The summed E-state index contributed by atoms with van der Waals surface area (Å²) in [7, 11) is 0. The Bertz CT molecular complexity index is 1080. The first kappa shape index (κ1) is 20.8. The van der Waals surface area contributed by atoms with Crippen LogP contribution in [-0.2, 0) is 9.53 Å². The molecular weight excluding hydrogens is 392 g/mol. The molecule has 0 aliphatic carbocycles. The minimum atomic E-state index is -0.0187. The van der Waals surface area contributed by atoms with E-state index in [0.29, 0.717) is 38.3 Å². The molecule has 3 aromatic rings. The van der Waals surface area contributed by atoms with Gasteiger partial charge in [0.1, 0.15) is 6.61 Å². The Morgan fingerprint density at radius 2 is 1.71 bits per heavy atom. The van der Waals surface area contributed by atoms with E-state index in [1.54, 1.807) is 9.80 Å². The third-order valence-electron chi connectivity index (χ3n) is 5.44. The maximum atomic E-state index is 12.8. The Balaban J connectivity index is 1.35.